The van der Waals surface area contributed by atoms with Crippen LogP contribution in [0, 0.1) is 13.8 Å². The van der Waals surface area contributed by atoms with Crippen LogP contribution >= 0.6 is 0 Å². The highest BCUT2D eigenvalue weighted by atomic mass is 32.2. The Morgan fingerprint density at radius 2 is 1.61 bits per heavy atom. The summed E-state index contributed by atoms with van der Waals surface area (Å²) >= 11 is 0. The molecule has 144 valence electrons. The Labute approximate surface area is 164 Å². The van der Waals surface area contributed by atoms with E-state index in [0.29, 0.717) is 28.1 Å². The third-order valence-corrected chi connectivity index (χ3v) is 5.13. The lowest BCUT2D eigenvalue weighted by Crippen LogP contribution is -2.20. The van der Waals surface area contributed by atoms with Gasteiger partial charge < -0.3 is 10.6 Å². The first-order valence-corrected chi connectivity index (χ1v) is 10.0. The van der Waals surface area contributed by atoms with Gasteiger partial charge in [0.25, 0.3) is 10.1 Å². The Kier molecular flexibility index (Phi) is 5.48. The van der Waals surface area contributed by atoms with Crippen LogP contribution in [0.1, 0.15) is 11.1 Å². The van der Waals surface area contributed by atoms with Gasteiger partial charge in [-0.2, -0.15) is 8.42 Å². The number of hydrogen-bond acceptors (Lipinski definition) is 3. The van der Waals surface area contributed by atoms with Crippen molar-refractivity contribution in [3.05, 3.63) is 77.9 Å². The molecule has 0 saturated heterocycles. The van der Waals surface area contributed by atoms with Crippen LogP contribution in [-0.4, -0.2) is 19.0 Å². The van der Waals surface area contributed by atoms with Crippen molar-refractivity contribution in [3.63, 3.8) is 0 Å². The lowest BCUT2D eigenvalue weighted by molar-refractivity contribution is 0.262. The Morgan fingerprint density at radius 3 is 2.32 bits per heavy atom. The molecule has 0 heterocycles. The second kappa shape index (κ2) is 7.84. The van der Waals surface area contributed by atoms with Gasteiger partial charge in [0.05, 0.1) is 5.69 Å². The van der Waals surface area contributed by atoms with Gasteiger partial charge in [-0.25, -0.2) is 4.79 Å². The molecule has 3 aromatic carbocycles. The van der Waals surface area contributed by atoms with E-state index in [4.69, 9.17) is 0 Å². The number of nitrogens with one attached hydrogen (secondary N) is 2. The fourth-order valence-corrected chi connectivity index (χ4v) is 3.80. The summed E-state index contributed by atoms with van der Waals surface area (Å²) in [6, 6.07) is 18.4. The number of hydrogen-bond donors (Lipinski definition) is 3. The molecule has 28 heavy (non-hydrogen) atoms. The predicted octanol–water partition coefficient (Wildman–Crippen LogP) is 4.86. The second-order valence-corrected chi connectivity index (χ2v) is 7.81. The van der Waals surface area contributed by atoms with Crippen LogP contribution in [0.5, 0.6) is 0 Å². The van der Waals surface area contributed by atoms with Crippen molar-refractivity contribution in [3.8, 4) is 11.1 Å². The van der Waals surface area contributed by atoms with Gasteiger partial charge in [-0.1, -0.05) is 42.5 Å². The lowest BCUT2D eigenvalue weighted by atomic mass is 9.99. The Morgan fingerprint density at radius 1 is 0.893 bits per heavy atom. The molecule has 3 aromatic rings. The molecular weight excluding hydrogens is 376 g/mol. The molecule has 0 aromatic heterocycles. The summed E-state index contributed by atoms with van der Waals surface area (Å²) in [5.74, 6) is 0. The largest absolute Gasteiger partial charge is 0.323 e. The van der Waals surface area contributed by atoms with Crippen LogP contribution in [-0.2, 0) is 10.1 Å². The van der Waals surface area contributed by atoms with E-state index < -0.39 is 16.1 Å². The van der Waals surface area contributed by atoms with Gasteiger partial charge in [0.2, 0.25) is 0 Å². The SMILES string of the molecule is Cc1cccc(NC(=O)Nc2ccccc2-c2c(C)cccc2S(=O)(=O)O)c1. The Hall–Kier alpha value is -3.16. The summed E-state index contributed by atoms with van der Waals surface area (Å²) < 4.78 is 33.3. The van der Waals surface area contributed by atoms with Gasteiger partial charge in [-0.05, 0) is 49.2 Å². The molecule has 0 aliphatic rings. The highest BCUT2D eigenvalue weighted by Gasteiger charge is 2.20. The number of amides is 2. The predicted molar refractivity (Wildman–Crippen MR) is 110 cm³/mol. The number of anilines is 2. The minimum absolute atomic E-state index is 0.208. The smallest absolute Gasteiger partial charge is 0.308 e. The monoisotopic (exact) mass is 396 g/mol. The van der Waals surface area contributed by atoms with E-state index >= 15 is 0 Å². The molecule has 3 N–H and O–H groups in total. The topological polar surface area (TPSA) is 95.5 Å². The van der Waals surface area contributed by atoms with Gasteiger partial charge >= 0.3 is 6.03 Å². The maximum atomic E-state index is 12.5. The molecule has 0 saturated carbocycles. The molecule has 0 aliphatic heterocycles. The van der Waals surface area contributed by atoms with Crippen LogP contribution in [0.2, 0.25) is 0 Å². The van der Waals surface area contributed by atoms with E-state index in [1.165, 1.54) is 6.07 Å². The van der Waals surface area contributed by atoms with Crippen molar-refractivity contribution in [1.29, 1.82) is 0 Å². The van der Waals surface area contributed by atoms with Gasteiger partial charge in [0.15, 0.2) is 0 Å². The molecule has 0 aliphatic carbocycles. The summed E-state index contributed by atoms with van der Waals surface area (Å²) in [7, 11) is -4.43. The fourth-order valence-electron chi connectivity index (χ4n) is 3.02. The quantitative estimate of drug-likeness (QED) is 0.549. The molecule has 0 spiro atoms. The van der Waals surface area contributed by atoms with Gasteiger partial charge in [0, 0.05) is 16.8 Å². The maximum Gasteiger partial charge on any atom is 0.323 e. The first kappa shape index (κ1) is 19.6. The zero-order chi connectivity index (χ0) is 20.3. The van der Waals surface area contributed by atoms with E-state index in [9.17, 15) is 17.8 Å². The van der Waals surface area contributed by atoms with E-state index in [-0.39, 0.29) is 4.90 Å². The number of carbonyl (C=O) groups is 1. The van der Waals surface area contributed by atoms with Crippen molar-refractivity contribution in [2.75, 3.05) is 10.6 Å². The average molecular weight is 396 g/mol. The molecule has 0 radical (unpaired) electrons. The van der Waals surface area contributed by atoms with Crippen molar-refractivity contribution in [2.24, 2.45) is 0 Å². The van der Waals surface area contributed by atoms with E-state index in [2.05, 4.69) is 10.6 Å². The maximum absolute atomic E-state index is 12.5. The van der Waals surface area contributed by atoms with Gasteiger partial charge in [-0.15, -0.1) is 0 Å². The molecule has 2 amide bonds. The molecule has 0 fully saturated rings. The number of carbonyl (C=O) groups excluding carboxylic acids is 1. The fraction of sp³-hybridized carbons (Fsp3) is 0.0952. The lowest BCUT2D eigenvalue weighted by Gasteiger charge is -2.16. The molecule has 6 nitrogen and oxygen atoms in total. The minimum atomic E-state index is -4.43. The zero-order valence-corrected chi connectivity index (χ0v) is 16.2. The summed E-state index contributed by atoms with van der Waals surface area (Å²) in [5, 5.41) is 5.51. The number of urea groups is 1. The van der Waals surface area contributed by atoms with Crippen molar-refractivity contribution < 1.29 is 17.8 Å². The van der Waals surface area contributed by atoms with Gasteiger partial charge in [0.1, 0.15) is 4.90 Å². The van der Waals surface area contributed by atoms with Crippen LogP contribution in [0.4, 0.5) is 16.2 Å². The van der Waals surface area contributed by atoms with Gasteiger partial charge in [-0.3, -0.25) is 4.55 Å². The second-order valence-electron chi connectivity index (χ2n) is 6.42. The average Bonchev–Trinajstić information content (AvgIpc) is 2.61. The standard InChI is InChI=1S/C21H20N2O4S/c1-14-7-5-9-16(13-14)22-21(24)23-18-11-4-3-10-17(18)20-15(2)8-6-12-19(20)28(25,26)27/h3-13H,1-2H3,(H2,22,23,24)(H,25,26,27). The summed E-state index contributed by atoms with van der Waals surface area (Å²) in [6.07, 6.45) is 0. The first-order valence-electron chi connectivity index (χ1n) is 8.57. The van der Waals surface area contributed by atoms with Crippen LogP contribution in [0.3, 0.4) is 0 Å². The molecule has 0 bridgehead atoms. The number of benzene rings is 3. The van der Waals surface area contributed by atoms with E-state index in [1.807, 2.05) is 25.1 Å². The highest BCUT2D eigenvalue weighted by molar-refractivity contribution is 7.86. The third kappa shape index (κ3) is 4.39. The summed E-state index contributed by atoms with van der Waals surface area (Å²) in [4.78, 5) is 12.2. The van der Waals surface area contributed by atoms with Crippen molar-refractivity contribution >= 4 is 27.5 Å². The van der Waals surface area contributed by atoms with E-state index in [1.54, 1.807) is 49.4 Å². The van der Waals surface area contributed by atoms with Crippen LogP contribution < -0.4 is 10.6 Å². The Balaban J connectivity index is 1.98. The molecule has 0 unspecified atom stereocenters. The summed E-state index contributed by atoms with van der Waals surface area (Å²) in [6.45, 7) is 3.67. The number of rotatable bonds is 4. The molecule has 3 rings (SSSR count). The minimum Gasteiger partial charge on any atom is -0.308 e. The van der Waals surface area contributed by atoms with Crippen molar-refractivity contribution in [1.82, 2.24) is 0 Å². The zero-order valence-electron chi connectivity index (χ0n) is 15.4. The number of para-hydroxylation sites is 1. The molecular formula is C21H20N2O4S. The van der Waals surface area contributed by atoms with Crippen LogP contribution in [0.15, 0.2) is 71.6 Å². The van der Waals surface area contributed by atoms with Crippen LogP contribution in [0.25, 0.3) is 11.1 Å². The first-order chi connectivity index (χ1) is 13.3. The normalized spacial score (nSPS) is 11.1. The van der Waals surface area contributed by atoms with E-state index in [0.717, 1.165) is 5.56 Å². The molecule has 0 atom stereocenters. The third-order valence-electron chi connectivity index (χ3n) is 4.23. The van der Waals surface area contributed by atoms with Crippen molar-refractivity contribution in [2.45, 2.75) is 18.7 Å². The number of aryl methyl sites for hydroxylation is 2. The summed E-state index contributed by atoms with van der Waals surface area (Å²) in [5.41, 5.74) is 3.57. The highest BCUT2D eigenvalue weighted by Crippen LogP contribution is 2.35. The Bertz CT molecular complexity index is 1140. The molecule has 7 heteroatoms.